The van der Waals surface area contributed by atoms with E-state index in [0.717, 1.165) is 0 Å². The van der Waals surface area contributed by atoms with E-state index in [1.54, 1.807) is 0 Å². The van der Waals surface area contributed by atoms with Crippen molar-refractivity contribution in [1.82, 2.24) is 0 Å². The van der Waals surface area contributed by atoms with Gasteiger partial charge in [-0.05, 0) is 12.5 Å². The topological polar surface area (TPSA) is 26.0 Å². The third-order valence-corrected chi connectivity index (χ3v) is 1.33. The first-order chi connectivity index (χ1) is 4.30. The third-order valence-electron chi connectivity index (χ3n) is 1.33. The summed E-state index contributed by atoms with van der Waals surface area (Å²) in [6.07, 6.45) is 0. The van der Waals surface area contributed by atoms with Crippen molar-refractivity contribution in [3.8, 4) is 0 Å². The Morgan fingerprint density at radius 2 is 1.70 bits per heavy atom. The summed E-state index contributed by atoms with van der Waals surface area (Å²) >= 11 is 0. The van der Waals surface area contributed by atoms with Crippen molar-refractivity contribution in [1.29, 1.82) is 0 Å². The molecule has 1 heteroatoms. The van der Waals surface area contributed by atoms with Crippen LogP contribution in [0, 0.1) is 0 Å². The standard InChI is InChI=1S/C8H11N.CH4/c1-7(9)8-5-3-2-4-6-8;/h2-7H,9H2,1H3;1H4/t7-;/m1./s1. The molecular weight excluding hydrogens is 122 g/mol. The van der Waals surface area contributed by atoms with Gasteiger partial charge in [0.2, 0.25) is 0 Å². The number of hydrogen-bond acceptors (Lipinski definition) is 1. The van der Waals surface area contributed by atoms with Gasteiger partial charge in [-0.15, -0.1) is 0 Å². The fraction of sp³-hybridized carbons (Fsp3) is 0.333. The van der Waals surface area contributed by atoms with Crippen molar-refractivity contribution in [2.24, 2.45) is 5.73 Å². The fourth-order valence-corrected chi connectivity index (χ4v) is 0.757. The normalized spacial score (nSPS) is 11.8. The molecule has 0 amide bonds. The lowest BCUT2D eigenvalue weighted by Gasteiger charge is -2.02. The highest BCUT2D eigenvalue weighted by Crippen LogP contribution is 2.06. The first-order valence-corrected chi connectivity index (χ1v) is 3.11. The van der Waals surface area contributed by atoms with Crippen LogP contribution in [0.2, 0.25) is 0 Å². The van der Waals surface area contributed by atoms with Crippen molar-refractivity contribution in [2.75, 3.05) is 0 Å². The van der Waals surface area contributed by atoms with Gasteiger partial charge in [-0.1, -0.05) is 37.8 Å². The predicted octanol–water partition coefficient (Wildman–Crippen LogP) is 2.34. The molecule has 1 atom stereocenters. The highest BCUT2D eigenvalue weighted by atomic mass is 14.6. The lowest BCUT2D eigenvalue weighted by atomic mass is 10.1. The first-order valence-electron chi connectivity index (χ1n) is 3.11. The molecule has 0 spiro atoms. The van der Waals surface area contributed by atoms with Crippen molar-refractivity contribution in [2.45, 2.75) is 20.4 Å². The third kappa shape index (κ3) is 2.19. The molecule has 0 aliphatic rings. The van der Waals surface area contributed by atoms with E-state index in [9.17, 15) is 0 Å². The van der Waals surface area contributed by atoms with E-state index in [2.05, 4.69) is 0 Å². The molecule has 1 rings (SSSR count). The van der Waals surface area contributed by atoms with Crippen LogP contribution in [0.3, 0.4) is 0 Å². The van der Waals surface area contributed by atoms with Gasteiger partial charge in [-0.2, -0.15) is 0 Å². The second-order valence-electron chi connectivity index (χ2n) is 2.20. The van der Waals surface area contributed by atoms with E-state index in [0.29, 0.717) is 0 Å². The molecule has 0 unspecified atom stereocenters. The Kier molecular flexibility index (Phi) is 3.74. The van der Waals surface area contributed by atoms with Crippen LogP contribution in [0.1, 0.15) is 26.0 Å². The van der Waals surface area contributed by atoms with Gasteiger partial charge in [-0.3, -0.25) is 0 Å². The molecule has 1 aromatic carbocycles. The second-order valence-corrected chi connectivity index (χ2v) is 2.20. The van der Waals surface area contributed by atoms with Crippen LogP contribution < -0.4 is 5.73 Å². The van der Waals surface area contributed by atoms with Crippen LogP contribution in [0.25, 0.3) is 0 Å². The zero-order valence-corrected chi connectivity index (χ0v) is 5.54. The van der Waals surface area contributed by atoms with Gasteiger partial charge >= 0.3 is 0 Å². The molecule has 10 heavy (non-hydrogen) atoms. The Balaban J connectivity index is 0.000000810. The molecule has 0 saturated carbocycles. The highest BCUT2D eigenvalue weighted by molar-refractivity contribution is 5.17. The van der Waals surface area contributed by atoms with Crippen LogP contribution in [-0.4, -0.2) is 0 Å². The van der Waals surface area contributed by atoms with Gasteiger partial charge in [0.05, 0.1) is 0 Å². The van der Waals surface area contributed by atoms with Crippen molar-refractivity contribution in [3.63, 3.8) is 0 Å². The Morgan fingerprint density at radius 1 is 1.20 bits per heavy atom. The van der Waals surface area contributed by atoms with Gasteiger partial charge in [0.1, 0.15) is 0 Å². The summed E-state index contributed by atoms with van der Waals surface area (Å²) in [4.78, 5) is 0. The average molecular weight is 137 g/mol. The molecule has 56 valence electrons. The van der Waals surface area contributed by atoms with Crippen LogP contribution in [0.5, 0.6) is 0 Å². The van der Waals surface area contributed by atoms with Crippen LogP contribution in [-0.2, 0) is 0 Å². The van der Waals surface area contributed by atoms with E-state index in [4.69, 9.17) is 5.73 Å². The van der Waals surface area contributed by atoms with Crippen LogP contribution in [0.15, 0.2) is 30.3 Å². The Labute approximate surface area is 62.9 Å². The summed E-state index contributed by atoms with van der Waals surface area (Å²) in [6, 6.07) is 10.2. The van der Waals surface area contributed by atoms with Gasteiger partial charge in [0.15, 0.2) is 0 Å². The summed E-state index contributed by atoms with van der Waals surface area (Å²) in [6.45, 7) is 1.98. The Bertz CT molecular complexity index is 167. The Morgan fingerprint density at radius 3 is 2.00 bits per heavy atom. The minimum absolute atomic E-state index is 0. The molecular formula is C9H15N. The molecule has 0 bridgehead atoms. The minimum atomic E-state index is 0. The molecule has 0 aliphatic heterocycles. The molecule has 2 N–H and O–H groups in total. The number of hydrogen-bond donors (Lipinski definition) is 1. The second kappa shape index (κ2) is 4.07. The summed E-state index contributed by atoms with van der Waals surface area (Å²) in [5.41, 5.74) is 6.81. The number of benzene rings is 1. The van der Waals surface area contributed by atoms with E-state index in [-0.39, 0.29) is 13.5 Å². The maximum atomic E-state index is 5.61. The Hall–Kier alpha value is -0.820. The van der Waals surface area contributed by atoms with E-state index >= 15 is 0 Å². The van der Waals surface area contributed by atoms with Crippen molar-refractivity contribution in [3.05, 3.63) is 35.9 Å². The van der Waals surface area contributed by atoms with E-state index in [1.165, 1.54) is 5.56 Å². The molecule has 0 fully saturated rings. The number of nitrogens with two attached hydrogens (primary N) is 1. The predicted molar refractivity (Wildman–Crippen MR) is 45.8 cm³/mol. The fourth-order valence-electron chi connectivity index (χ4n) is 0.757. The van der Waals surface area contributed by atoms with Crippen molar-refractivity contribution < 1.29 is 0 Å². The monoisotopic (exact) mass is 137 g/mol. The molecule has 0 aliphatic carbocycles. The van der Waals surface area contributed by atoms with Gasteiger partial charge in [-0.25, -0.2) is 0 Å². The minimum Gasteiger partial charge on any atom is -0.324 e. The van der Waals surface area contributed by atoms with Gasteiger partial charge in [0, 0.05) is 6.04 Å². The summed E-state index contributed by atoms with van der Waals surface area (Å²) in [7, 11) is 0. The summed E-state index contributed by atoms with van der Waals surface area (Å²) < 4.78 is 0. The van der Waals surface area contributed by atoms with E-state index in [1.807, 2.05) is 37.3 Å². The maximum Gasteiger partial charge on any atom is 0.0266 e. The van der Waals surface area contributed by atoms with Crippen LogP contribution >= 0.6 is 0 Å². The molecule has 1 aromatic rings. The maximum absolute atomic E-state index is 5.61. The first kappa shape index (κ1) is 9.18. The molecule has 0 aromatic heterocycles. The van der Waals surface area contributed by atoms with Crippen LogP contribution in [0.4, 0.5) is 0 Å². The highest BCUT2D eigenvalue weighted by Gasteiger charge is 1.93. The zero-order valence-electron chi connectivity index (χ0n) is 5.54. The zero-order chi connectivity index (χ0) is 6.69. The van der Waals surface area contributed by atoms with Gasteiger partial charge < -0.3 is 5.73 Å². The smallest absolute Gasteiger partial charge is 0.0266 e. The van der Waals surface area contributed by atoms with E-state index < -0.39 is 0 Å². The lowest BCUT2D eigenvalue weighted by Crippen LogP contribution is -2.03. The summed E-state index contributed by atoms with van der Waals surface area (Å²) in [5, 5.41) is 0. The average Bonchev–Trinajstić information content (AvgIpc) is 1.90. The molecule has 0 radical (unpaired) electrons. The van der Waals surface area contributed by atoms with Gasteiger partial charge in [0.25, 0.3) is 0 Å². The number of rotatable bonds is 1. The lowest BCUT2D eigenvalue weighted by molar-refractivity contribution is 0.818. The largest absolute Gasteiger partial charge is 0.324 e. The summed E-state index contributed by atoms with van der Waals surface area (Å²) in [5.74, 6) is 0. The molecule has 0 heterocycles. The SMILES string of the molecule is C.C[C@@H](N)c1ccccc1. The molecule has 1 nitrogen and oxygen atoms in total. The quantitative estimate of drug-likeness (QED) is 0.631. The van der Waals surface area contributed by atoms with Crippen molar-refractivity contribution >= 4 is 0 Å². The molecule has 0 saturated heterocycles.